The minimum atomic E-state index is 0.503. The molecule has 122 valence electrons. The summed E-state index contributed by atoms with van der Waals surface area (Å²) in [5.74, 6) is 0. The molecule has 3 heteroatoms. The lowest BCUT2D eigenvalue weighted by Crippen LogP contribution is -2.19. The van der Waals surface area contributed by atoms with Crippen molar-refractivity contribution in [2.75, 3.05) is 19.8 Å². The van der Waals surface area contributed by atoms with Crippen LogP contribution in [-0.4, -0.2) is 25.9 Å². The van der Waals surface area contributed by atoms with Crippen LogP contribution < -0.4 is 0 Å². The van der Waals surface area contributed by atoms with Crippen LogP contribution in [0.3, 0.4) is 0 Å². The Morgan fingerprint density at radius 2 is 1.62 bits per heavy atom. The number of rotatable bonds is 13. The summed E-state index contributed by atoms with van der Waals surface area (Å²) in [6, 6.07) is 2.20. The minimum absolute atomic E-state index is 0.503. The topological polar surface area (TPSA) is 42.2 Å². The van der Waals surface area contributed by atoms with Crippen molar-refractivity contribution in [3.8, 4) is 6.07 Å². The first-order valence-corrected chi connectivity index (χ1v) is 9.00. The summed E-state index contributed by atoms with van der Waals surface area (Å²) < 4.78 is 11.4. The van der Waals surface area contributed by atoms with E-state index in [0.717, 1.165) is 39.1 Å². The molecule has 0 aromatic heterocycles. The van der Waals surface area contributed by atoms with Crippen LogP contribution in [0.25, 0.3) is 0 Å². The summed E-state index contributed by atoms with van der Waals surface area (Å²) in [7, 11) is 0. The molecule has 0 radical (unpaired) electrons. The predicted octanol–water partition coefficient (Wildman–Crippen LogP) is 5.00. The van der Waals surface area contributed by atoms with E-state index in [0.29, 0.717) is 6.10 Å². The third-order valence-corrected chi connectivity index (χ3v) is 4.17. The van der Waals surface area contributed by atoms with Crippen LogP contribution >= 0.6 is 0 Å². The van der Waals surface area contributed by atoms with Gasteiger partial charge in [-0.05, 0) is 44.9 Å². The predicted molar refractivity (Wildman–Crippen MR) is 86.2 cm³/mol. The molecule has 21 heavy (non-hydrogen) atoms. The summed E-state index contributed by atoms with van der Waals surface area (Å²) in [6.07, 6.45) is 16.0. The van der Waals surface area contributed by atoms with Gasteiger partial charge < -0.3 is 9.47 Å². The van der Waals surface area contributed by atoms with Crippen LogP contribution in [0.2, 0.25) is 0 Å². The highest BCUT2D eigenvalue weighted by molar-refractivity contribution is 4.67. The molecule has 0 spiro atoms. The lowest BCUT2D eigenvalue weighted by molar-refractivity contribution is 0.00452. The molecule has 0 saturated carbocycles. The summed E-state index contributed by atoms with van der Waals surface area (Å²) in [6.45, 7) is 2.77. The standard InChI is InChI=1S/C18H33NO2/c19-14-8-5-3-1-2-4-6-9-15-20-16-11-13-18-12-7-10-17-21-18/h18H,1-13,15-17H2. The minimum Gasteiger partial charge on any atom is -0.381 e. The van der Waals surface area contributed by atoms with Crippen LogP contribution in [0.15, 0.2) is 0 Å². The van der Waals surface area contributed by atoms with Crippen molar-refractivity contribution in [2.45, 2.75) is 89.6 Å². The summed E-state index contributed by atoms with van der Waals surface area (Å²) in [5.41, 5.74) is 0. The van der Waals surface area contributed by atoms with Crippen molar-refractivity contribution in [1.82, 2.24) is 0 Å². The van der Waals surface area contributed by atoms with Gasteiger partial charge in [0.15, 0.2) is 0 Å². The molecule has 1 aliphatic rings. The first-order chi connectivity index (χ1) is 10.4. The molecule has 1 saturated heterocycles. The Bertz CT molecular complexity index is 256. The lowest BCUT2D eigenvalue weighted by atomic mass is 10.1. The highest BCUT2D eigenvalue weighted by Crippen LogP contribution is 2.16. The van der Waals surface area contributed by atoms with Crippen LogP contribution in [0.4, 0.5) is 0 Å². The third kappa shape index (κ3) is 11.7. The Hall–Kier alpha value is -0.590. The van der Waals surface area contributed by atoms with Crippen LogP contribution in [0.5, 0.6) is 0 Å². The second kappa shape index (κ2) is 14.4. The molecular formula is C18H33NO2. The second-order valence-corrected chi connectivity index (χ2v) is 6.13. The molecule has 0 aromatic rings. The van der Waals surface area contributed by atoms with Crippen molar-refractivity contribution >= 4 is 0 Å². The smallest absolute Gasteiger partial charge is 0.0621 e. The van der Waals surface area contributed by atoms with Crippen molar-refractivity contribution < 1.29 is 9.47 Å². The van der Waals surface area contributed by atoms with Crippen LogP contribution in [-0.2, 0) is 9.47 Å². The van der Waals surface area contributed by atoms with Crippen LogP contribution in [0, 0.1) is 11.3 Å². The Balaban J connectivity index is 1.70. The number of nitriles is 1. The second-order valence-electron chi connectivity index (χ2n) is 6.13. The van der Waals surface area contributed by atoms with Gasteiger partial charge in [0, 0.05) is 26.2 Å². The average Bonchev–Trinajstić information content (AvgIpc) is 2.53. The summed E-state index contributed by atoms with van der Waals surface area (Å²) >= 11 is 0. The van der Waals surface area contributed by atoms with Crippen molar-refractivity contribution in [3.05, 3.63) is 0 Å². The van der Waals surface area contributed by atoms with Gasteiger partial charge in [0.25, 0.3) is 0 Å². The number of hydrogen-bond donors (Lipinski definition) is 0. The van der Waals surface area contributed by atoms with E-state index in [-0.39, 0.29) is 0 Å². The molecular weight excluding hydrogens is 262 g/mol. The maximum Gasteiger partial charge on any atom is 0.0621 e. The Kier molecular flexibility index (Phi) is 12.6. The SMILES string of the molecule is N#CCCCCCCCCCOCCCC1CCCCO1. The van der Waals surface area contributed by atoms with Crippen molar-refractivity contribution in [2.24, 2.45) is 0 Å². The van der Waals surface area contributed by atoms with Gasteiger partial charge in [-0.15, -0.1) is 0 Å². The van der Waals surface area contributed by atoms with E-state index in [4.69, 9.17) is 14.7 Å². The molecule has 0 aliphatic carbocycles. The number of ether oxygens (including phenoxy) is 2. The Morgan fingerprint density at radius 3 is 2.33 bits per heavy atom. The van der Waals surface area contributed by atoms with Crippen molar-refractivity contribution in [3.63, 3.8) is 0 Å². The zero-order valence-corrected chi connectivity index (χ0v) is 13.7. The first kappa shape index (κ1) is 18.5. The normalized spacial score (nSPS) is 18.5. The van der Waals surface area contributed by atoms with Gasteiger partial charge in [-0.2, -0.15) is 5.26 Å². The molecule has 0 amide bonds. The number of hydrogen-bond acceptors (Lipinski definition) is 3. The molecule has 1 fully saturated rings. The molecule has 1 atom stereocenters. The molecule has 1 aliphatic heterocycles. The van der Waals surface area contributed by atoms with Gasteiger partial charge in [0.05, 0.1) is 12.2 Å². The van der Waals surface area contributed by atoms with Gasteiger partial charge in [0.2, 0.25) is 0 Å². The average molecular weight is 295 g/mol. The van der Waals surface area contributed by atoms with Crippen LogP contribution in [0.1, 0.15) is 83.5 Å². The highest BCUT2D eigenvalue weighted by atomic mass is 16.5. The molecule has 0 bridgehead atoms. The molecule has 1 rings (SSSR count). The van der Waals surface area contributed by atoms with E-state index < -0.39 is 0 Å². The quantitative estimate of drug-likeness (QED) is 0.449. The molecule has 0 aromatic carbocycles. The van der Waals surface area contributed by atoms with E-state index in [2.05, 4.69) is 6.07 Å². The summed E-state index contributed by atoms with van der Waals surface area (Å²) in [5, 5.41) is 8.43. The van der Waals surface area contributed by atoms with E-state index in [1.54, 1.807) is 0 Å². The maximum atomic E-state index is 8.43. The third-order valence-electron chi connectivity index (χ3n) is 4.17. The monoisotopic (exact) mass is 295 g/mol. The van der Waals surface area contributed by atoms with E-state index >= 15 is 0 Å². The fraction of sp³-hybridized carbons (Fsp3) is 0.944. The molecule has 1 heterocycles. The number of nitrogens with zero attached hydrogens (tertiary/aromatic N) is 1. The molecule has 3 nitrogen and oxygen atoms in total. The zero-order chi connectivity index (χ0) is 15.0. The highest BCUT2D eigenvalue weighted by Gasteiger charge is 2.12. The Labute approximate surface area is 131 Å². The van der Waals surface area contributed by atoms with Crippen molar-refractivity contribution in [1.29, 1.82) is 5.26 Å². The van der Waals surface area contributed by atoms with E-state index in [9.17, 15) is 0 Å². The fourth-order valence-electron chi connectivity index (χ4n) is 2.84. The van der Waals surface area contributed by atoms with Gasteiger partial charge in [0.1, 0.15) is 0 Å². The molecule has 0 N–H and O–H groups in total. The summed E-state index contributed by atoms with van der Waals surface area (Å²) in [4.78, 5) is 0. The van der Waals surface area contributed by atoms with Gasteiger partial charge in [-0.1, -0.05) is 32.1 Å². The maximum absolute atomic E-state index is 8.43. The lowest BCUT2D eigenvalue weighted by Gasteiger charge is -2.22. The van der Waals surface area contributed by atoms with E-state index in [1.807, 2.05) is 0 Å². The largest absolute Gasteiger partial charge is 0.381 e. The molecule has 1 unspecified atom stereocenters. The first-order valence-electron chi connectivity index (χ1n) is 9.00. The van der Waals surface area contributed by atoms with Gasteiger partial charge in [-0.3, -0.25) is 0 Å². The van der Waals surface area contributed by atoms with Gasteiger partial charge in [-0.25, -0.2) is 0 Å². The zero-order valence-electron chi connectivity index (χ0n) is 13.7. The Morgan fingerprint density at radius 1 is 0.905 bits per heavy atom. The van der Waals surface area contributed by atoms with E-state index in [1.165, 1.54) is 64.2 Å². The fourth-order valence-corrected chi connectivity index (χ4v) is 2.84. The van der Waals surface area contributed by atoms with Gasteiger partial charge >= 0.3 is 0 Å². The number of unbranched alkanes of at least 4 members (excludes halogenated alkanes) is 7.